The molecule has 23 heavy (non-hydrogen) atoms. The summed E-state index contributed by atoms with van der Waals surface area (Å²) in [6.07, 6.45) is 5.75. The van der Waals surface area contributed by atoms with Gasteiger partial charge in [-0.3, -0.25) is 14.9 Å². The number of carbonyl (C=O) groups excluding carboxylic acids is 1. The normalized spacial score (nSPS) is 16.3. The summed E-state index contributed by atoms with van der Waals surface area (Å²) in [5.41, 5.74) is 6.83. The van der Waals surface area contributed by atoms with Crippen LogP contribution < -0.4 is 11.1 Å². The van der Waals surface area contributed by atoms with Gasteiger partial charge in [-0.25, -0.2) is 0 Å². The zero-order chi connectivity index (χ0) is 16.1. The number of nitrogens with two attached hydrogens (primary N) is 1. The average Bonchev–Trinajstić information content (AvgIpc) is 2.53. The first-order valence-electron chi connectivity index (χ1n) is 7.79. The predicted molar refractivity (Wildman–Crippen MR) is 92.0 cm³/mol. The van der Waals surface area contributed by atoms with E-state index >= 15 is 0 Å². The number of halogens is 1. The quantitative estimate of drug-likeness (QED) is 0.635. The molecule has 1 aromatic carbocycles. The molecule has 0 radical (unpaired) electrons. The zero-order valence-electron chi connectivity index (χ0n) is 13.3. The van der Waals surface area contributed by atoms with Crippen LogP contribution >= 0.6 is 12.4 Å². The van der Waals surface area contributed by atoms with E-state index in [-0.39, 0.29) is 30.0 Å². The van der Waals surface area contributed by atoms with Crippen molar-refractivity contribution < 1.29 is 9.72 Å². The SMILES string of the molecule is Cc1ccc([N+](=O)[O-])cc1C(=O)NC(CN)C1CCCCC1.Cl. The van der Waals surface area contributed by atoms with Crippen LogP contribution in [-0.4, -0.2) is 23.4 Å². The number of hydrogen-bond donors (Lipinski definition) is 2. The van der Waals surface area contributed by atoms with E-state index in [1.165, 1.54) is 31.4 Å². The van der Waals surface area contributed by atoms with E-state index < -0.39 is 4.92 Å². The molecule has 0 aromatic heterocycles. The van der Waals surface area contributed by atoms with E-state index in [9.17, 15) is 14.9 Å². The van der Waals surface area contributed by atoms with Gasteiger partial charge in [-0.2, -0.15) is 0 Å². The van der Waals surface area contributed by atoms with Crippen LogP contribution in [0.25, 0.3) is 0 Å². The molecule has 1 aliphatic rings. The molecule has 1 aliphatic carbocycles. The Labute approximate surface area is 142 Å². The van der Waals surface area contributed by atoms with E-state index in [2.05, 4.69) is 5.32 Å². The monoisotopic (exact) mass is 341 g/mol. The molecule has 7 heteroatoms. The fourth-order valence-electron chi connectivity index (χ4n) is 3.12. The number of rotatable bonds is 5. The first-order valence-corrected chi connectivity index (χ1v) is 7.79. The molecule has 0 bridgehead atoms. The van der Waals surface area contributed by atoms with Gasteiger partial charge >= 0.3 is 0 Å². The maximum absolute atomic E-state index is 12.5. The van der Waals surface area contributed by atoms with Gasteiger partial charge in [-0.05, 0) is 31.2 Å². The number of nitrogens with one attached hydrogen (secondary N) is 1. The second kappa shape index (κ2) is 8.84. The molecule has 0 saturated heterocycles. The first-order chi connectivity index (χ1) is 10.5. The van der Waals surface area contributed by atoms with Crippen LogP contribution in [0, 0.1) is 23.0 Å². The fourth-order valence-corrected chi connectivity index (χ4v) is 3.12. The number of amides is 1. The molecule has 1 amide bonds. The summed E-state index contributed by atoms with van der Waals surface area (Å²) in [6, 6.07) is 4.28. The molecule has 6 nitrogen and oxygen atoms in total. The van der Waals surface area contributed by atoms with Gasteiger partial charge in [0.15, 0.2) is 0 Å². The third-order valence-electron chi connectivity index (χ3n) is 4.47. The van der Waals surface area contributed by atoms with E-state index in [4.69, 9.17) is 5.73 Å². The third kappa shape index (κ3) is 4.91. The summed E-state index contributed by atoms with van der Waals surface area (Å²) in [6.45, 7) is 2.17. The molecule has 3 N–H and O–H groups in total. The molecule has 1 atom stereocenters. The minimum absolute atomic E-state index is 0. The van der Waals surface area contributed by atoms with Gasteiger partial charge in [0.25, 0.3) is 11.6 Å². The van der Waals surface area contributed by atoms with Crippen molar-refractivity contribution in [3.05, 3.63) is 39.4 Å². The Morgan fingerprint density at radius 2 is 2.04 bits per heavy atom. The van der Waals surface area contributed by atoms with Crippen molar-refractivity contribution in [2.75, 3.05) is 6.54 Å². The summed E-state index contributed by atoms with van der Waals surface area (Å²) >= 11 is 0. The minimum Gasteiger partial charge on any atom is -0.348 e. The van der Waals surface area contributed by atoms with Crippen molar-refractivity contribution in [2.45, 2.75) is 45.1 Å². The molecular formula is C16H24ClN3O3. The van der Waals surface area contributed by atoms with Gasteiger partial charge in [-0.15, -0.1) is 12.4 Å². The highest BCUT2D eigenvalue weighted by Crippen LogP contribution is 2.26. The number of nitrogens with zero attached hydrogens (tertiary/aromatic N) is 1. The number of nitro groups is 1. The lowest BCUT2D eigenvalue weighted by molar-refractivity contribution is -0.384. The Balaban J connectivity index is 0.00000264. The van der Waals surface area contributed by atoms with Gasteiger partial charge in [0.05, 0.1) is 4.92 Å². The van der Waals surface area contributed by atoms with Crippen molar-refractivity contribution in [1.29, 1.82) is 0 Å². The molecule has 0 aliphatic heterocycles. The maximum atomic E-state index is 12.5. The largest absolute Gasteiger partial charge is 0.348 e. The Hall–Kier alpha value is -1.66. The average molecular weight is 342 g/mol. The second-order valence-electron chi connectivity index (χ2n) is 5.97. The maximum Gasteiger partial charge on any atom is 0.270 e. The Bertz CT molecular complexity index is 560. The summed E-state index contributed by atoms with van der Waals surface area (Å²) in [5, 5.41) is 13.8. The van der Waals surface area contributed by atoms with Crippen molar-refractivity contribution in [1.82, 2.24) is 5.32 Å². The van der Waals surface area contributed by atoms with E-state index in [0.717, 1.165) is 18.4 Å². The van der Waals surface area contributed by atoms with Gasteiger partial charge in [-0.1, -0.05) is 25.3 Å². The van der Waals surface area contributed by atoms with Crippen LogP contribution in [-0.2, 0) is 0 Å². The minimum atomic E-state index is -0.488. The Kier molecular flexibility index (Phi) is 7.45. The Morgan fingerprint density at radius 3 is 2.61 bits per heavy atom. The molecule has 1 unspecified atom stereocenters. The van der Waals surface area contributed by atoms with Gasteiger partial charge in [0.2, 0.25) is 0 Å². The number of hydrogen-bond acceptors (Lipinski definition) is 4. The summed E-state index contributed by atoms with van der Waals surface area (Å²) in [5.74, 6) is 0.129. The molecule has 1 saturated carbocycles. The van der Waals surface area contributed by atoms with Crippen LogP contribution in [0.5, 0.6) is 0 Å². The number of aryl methyl sites for hydroxylation is 1. The number of benzene rings is 1. The molecule has 1 fully saturated rings. The lowest BCUT2D eigenvalue weighted by atomic mass is 9.83. The van der Waals surface area contributed by atoms with Crippen molar-refractivity contribution in [2.24, 2.45) is 11.7 Å². The molecule has 0 heterocycles. The Morgan fingerprint density at radius 1 is 1.39 bits per heavy atom. The van der Waals surface area contributed by atoms with Gasteiger partial charge in [0.1, 0.15) is 0 Å². The number of non-ortho nitro benzene ring substituents is 1. The van der Waals surface area contributed by atoms with Crippen molar-refractivity contribution in [3.63, 3.8) is 0 Å². The van der Waals surface area contributed by atoms with Crippen molar-refractivity contribution >= 4 is 24.0 Å². The van der Waals surface area contributed by atoms with Gasteiger partial charge in [0, 0.05) is 30.3 Å². The highest BCUT2D eigenvalue weighted by molar-refractivity contribution is 5.96. The standard InChI is InChI=1S/C16H23N3O3.ClH/c1-11-7-8-13(19(21)22)9-14(11)16(20)18-15(10-17)12-5-3-2-4-6-12;/h7-9,12,15H,2-6,10,17H2,1H3,(H,18,20);1H. The van der Waals surface area contributed by atoms with E-state index in [1.807, 2.05) is 0 Å². The predicted octanol–water partition coefficient (Wildman–Crippen LogP) is 2.96. The topological polar surface area (TPSA) is 98.3 Å². The fraction of sp³-hybridized carbons (Fsp3) is 0.562. The zero-order valence-corrected chi connectivity index (χ0v) is 14.1. The van der Waals surface area contributed by atoms with Crippen LogP contribution in [0.1, 0.15) is 48.0 Å². The van der Waals surface area contributed by atoms with Crippen LogP contribution in [0.2, 0.25) is 0 Å². The van der Waals surface area contributed by atoms with Crippen LogP contribution in [0.4, 0.5) is 5.69 Å². The van der Waals surface area contributed by atoms with Crippen molar-refractivity contribution in [3.8, 4) is 0 Å². The van der Waals surface area contributed by atoms with Crippen LogP contribution in [0.3, 0.4) is 0 Å². The lowest BCUT2D eigenvalue weighted by Gasteiger charge is -2.30. The third-order valence-corrected chi connectivity index (χ3v) is 4.47. The summed E-state index contributed by atoms with van der Waals surface area (Å²) < 4.78 is 0. The molecular weight excluding hydrogens is 318 g/mol. The van der Waals surface area contributed by atoms with Crippen LogP contribution in [0.15, 0.2) is 18.2 Å². The number of carbonyl (C=O) groups is 1. The summed E-state index contributed by atoms with van der Waals surface area (Å²) in [4.78, 5) is 22.8. The number of nitro benzene ring substituents is 1. The second-order valence-corrected chi connectivity index (χ2v) is 5.97. The smallest absolute Gasteiger partial charge is 0.270 e. The highest BCUT2D eigenvalue weighted by Gasteiger charge is 2.25. The molecule has 0 spiro atoms. The lowest BCUT2D eigenvalue weighted by Crippen LogP contribution is -2.46. The molecule has 1 aromatic rings. The first kappa shape index (κ1) is 19.4. The molecule has 128 valence electrons. The van der Waals surface area contributed by atoms with Gasteiger partial charge < -0.3 is 11.1 Å². The summed E-state index contributed by atoms with van der Waals surface area (Å²) in [7, 11) is 0. The highest BCUT2D eigenvalue weighted by atomic mass is 35.5. The molecule has 2 rings (SSSR count). The van der Waals surface area contributed by atoms with E-state index in [1.54, 1.807) is 13.0 Å². The van der Waals surface area contributed by atoms with E-state index in [0.29, 0.717) is 18.0 Å².